The number of benzene rings is 1. The summed E-state index contributed by atoms with van der Waals surface area (Å²) in [5, 5.41) is 0.785. The molecule has 0 bridgehead atoms. The van der Waals surface area contributed by atoms with E-state index in [0.717, 1.165) is 41.2 Å². The molecule has 1 N–H and O–H groups in total. The number of morpholine rings is 1. The van der Waals surface area contributed by atoms with E-state index in [4.69, 9.17) is 14.7 Å². The van der Waals surface area contributed by atoms with Gasteiger partial charge in [0.05, 0.1) is 30.5 Å². The predicted octanol–water partition coefficient (Wildman–Crippen LogP) is 1.54. The smallest absolute Gasteiger partial charge is 0.180 e. The standard InChI is InChI=1S/C24H28FN7O3S/c25-19-1-2-20-18(3-4-26-20)22(19)21-15-32-14-17(13-29-5-7-30(8-6-29)16-36(33)34)27-23(32)24(28-21)31-9-11-35-12-10-31/h1-4,14-15,26,36H,5-13,16H2. The van der Waals surface area contributed by atoms with Crippen molar-refractivity contribution in [3.05, 3.63) is 48.3 Å². The van der Waals surface area contributed by atoms with Crippen LogP contribution >= 0.6 is 0 Å². The summed E-state index contributed by atoms with van der Waals surface area (Å²) < 4.78 is 44.7. The second-order valence-electron chi connectivity index (χ2n) is 9.24. The molecule has 36 heavy (non-hydrogen) atoms. The molecule has 0 atom stereocenters. The molecule has 1 aromatic carbocycles. The van der Waals surface area contributed by atoms with E-state index in [1.807, 2.05) is 27.8 Å². The molecule has 2 saturated heterocycles. The summed E-state index contributed by atoms with van der Waals surface area (Å²) in [6, 6.07) is 5.08. The number of hydrogen-bond donors (Lipinski definition) is 2. The van der Waals surface area contributed by atoms with Crippen molar-refractivity contribution < 1.29 is 17.5 Å². The highest BCUT2D eigenvalue weighted by atomic mass is 32.2. The van der Waals surface area contributed by atoms with Crippen LogP contribution in [0.3, 0.4) is 0 Å². The second kappa shape index (κ2) is 9.77. The number of aromatic amines is 1. The van der Waals surface area contributed by atoms with Crippen LogP contribution in [0.25, 0.3) is 27.8 Å². The summed E-state index contributed by atoms with van der Waals surface area (Å²) in [5.74, 6) is 0.511. The Kier molecular flexibility index (Phi) is 6.34. The molecular formula is C24H28FN7O3S. The Morgan fingerprint density at radius 2 is 1.75 bits per heavy atom. The average molecular weight is 514 g/mol. The molecule has 2 aliphatic heterocycles. The van der Waals surface area contributed by atoms with E-state index >= 15 is 4.39 Å². The molecule has 5 heterocycles. The highest BCUT2D eigenvalue weighted by Crippen LogP contribution is 2.32. The van der Waals surface area contributed by atoms with Gasteiger partial charge in [0.25, 0.3) is 0 Å². The Bertz CT molecular complexity index is 1460. The monoisotopic (exact) mass is 513 g/mol. The van der Waals surface area contributed by atoms with Crippen molar-refractivity contribution in [2.75, 3.05) is 63.3 Å². The lowest BCUT2D eigenvalue weighted by Crippen LogP contribution is -2.46. The number of rotatable bonds is 6. The number of ether oxygens (including phenoxy) is 1. The normalized spacial score (nSPS) is 18.1. The number of thiol groups is 1. The fraction of sp³-hybridized carbons (Fsp3) is 0.417. The van der Waals surface area contributed by atoms with Crippen LogP contribution in [0.15, 0.2) is 36.8 Å². The summed E-state index contributed by atoms with van der Waals surface area (Å²) >= 11 is 0. The topological polar surface area (TPSA) is 99.1 Å². The Morgan fingerprint density at radius 3 is 2.53 bits per heavy atom. The SMILES string of the molecule is O=[SH](=O)CN1CCN(Cc2cn3cc(-c4c(F)ccc5[nH]ccc45)nc(N4CCOCC4)c3n2)CC1. The predicted molar refractivity (Wildman–Crippen MR) is 135 cm³/mol. The number of imidazole rings is 1. The zero-order valence-corrected chi connectivity index (χ0v) is 20.7. The van der Waals surface area contributed by atoms with Gasteiger partial charge in [0.15, 0.2) is 22.2 Å². The van der Waals surface area contributed by atoms with Crippen molar-refractivity contribution in [3.63, 3.8) is 0 Å². The fourth-order valence-corrected chi connectivity index (χ4v) is 5.67. The van der Waals surface area contributed by atoms with E-state index in [1.165, 1.54) is 6.07 Å². The van der Waals surface area contributed by atoms with Crippen LogP contribution in [0.2, 0.25) is 0 Å². The van der Waals surface area contributed by atoms with Crippen LogP contribution in [0, 0.1) is 5.82 Å². The first-order chi connectivity index (χ1) is 17.5. The maximum atomic E-state index is 15.1. The van der Waals surface area contributed by atoms with Crippen molar-refractivity contribution in [3.8, 4) is 11.3 Å². The molecule has 0 radical (unpaired) electrons. The van der Waals surface area contributed by atoms with Gasteiger partial charge in [0.2, 0.25) is 0 Å². The van der Waals surface area contributed by atoms with Gasteiger partial charge in [-0.25, -0.2) is 22.8 Å². The van der Waals surface area contributed by atoms with Gasteiger partial charge in [0, 0.05) is 80.9 Å². The first-order valence-corrected chi connectivity index (χ1v) is 13.5. The molecule has 10 nitrogen and oxygen atoms in total. The van der Waals surface area contributed by atoms with E-state index in [9.17, 15) is 8.42 Å². The van der Waals surface area contributed by atoms with E-state index in [0.29, 0.717) is 57.2 Å². The van der Waals surface area contributed by atoms with Gasteiger partial charge in [0.1, 0.15) is 5.82 Å². The van der Waals surface area contributed by atoms with Crippen LogP contribution in [0.4, 0.5) is 10.2 Å². The van der Waals surface area contributed by atoms with Gasteiger partial charge >= 0.3 is 0 Å². The first kappa shape index (κ1) is 23.3. The molecule has 3 aromatic heterocycles. The van der Waals surface area contributed by atoms with Crippen molar-refractivity contribution in [2.24, 2.45) is 0 Å². The third kappa shape index (κ3) is 4.57. The summed E-state index contributed by atoms with van der Waals surface area (Å²) in [5.41, 5.74) is 3.50. The summed E-state index contributed by atoms with van der Waals surface area (Å²) in [4.78, 5) is 19.4. The Morgan fingerprint density at radius 1 is 0.972 bits per heavy atom. The van der Waals surface area contributed by atoms with Gasteiger partial charge in [-0.2, -0.15) is 0 Å². The van der Waals surface area contributed by atoms with Gasteiger partial charge in [-0.3, -0.25) is 9.80 Å². The minimum absolute atomic E-state index is 0.110. The number of anilines is 1. The molecular weight excluding hydrogens is 485 g/mol. The molecule has 12 heteroatoms. The quantitative estimate of drug-likeness (QED) is 0.375. The number of halogens is 1. The second-order valence-corrected chi connectivity index (χ2v) is 10.2. The molecule has 2 fully saturated rings. The Hall–Kier alpha value is -3.06. The van der Waals surface area contributed by atoms with Crippen LogP contribution in [0.1, 0.15) is 5.69 Å². The summed E-state index contributed by atoms with van der Waals surface area (Å²) in [6.07, 6.45) is 5.64. The molecule has 0 unspecified atom stereocenters. The van der Waals surface area contributed by atoms with Gasteiger partial charge in [-0.05, 0) is 18.2 Å². The van der Waals surface area contributed by atoms with Gasteiger partial charge in [-0.1, -0.05) is 0 Å². The largest absolute Gasteiger partial charge is 0.378 e. The molecule has 0 spiro atoms. The fourth-order valence-electron chi connectivity index (χ4n) is 5.07. The lowest BCUT2D eigenvalue weighted by molar-refractivity contribution is 0.122. The van der Waals surface area contributed by atoms with Crippen LogP contribution in [-0.4, -0.2) is 95.9 Å². The highest BCUT2D eigenvalue weighted by molar-refractivity contribution is 7.72. The van der Waals surface area contributed by atoms with Crippen LogP contribution < -0.4 is 4.90 Å². The number of H-pyrrole nitrogens is 1. The van der Waals surface area contributed by atoms with Crippen molar-refractivity contribution in [2.45, 2.75) is 6.54 Å². The van der Waals surface area contributed by atoms with Gasteiger partial charge < -0.3 is 19.0 Å². The molecule has 0 aliphatic carbocycles. The number of piperazine rings is 1. The molecule has 0 amide bonds. The van der Waals surface area contributed by atoms with E-state index < -0.39 is 10.7 Å². The number of hydrogen-bond acceptors (Lipinski definition) is 8. The third-order valence-electron chi connectivity index (χ3n) is 6.89. The molecule has 6 rings (SSSR count). The van der Waals surface area contributed by atoms with Gasteiger partial charge in [-0.15, -0.1) is 0 Å². The van der Waals surface area contributed by atoms with Crippen molar-refractivity contribution in [1.29, 1.82) is 0 Å². The minimum atomic E-state index is -2.40. The third-order valence-corrected chi connectivity index (χ3v) is 7.52. The van der Waals surface area contributed by atoms with Crippen molar-refractivity contribution >= 4 is 33.1 Å². The maximum absolute atomic E-state index is 15.1. The van der Waals surface area contributed by atoms with Crippen LogP contribution in [-0.2, 0) is 22.0 Å². The van der Waals surface area contributed by atoms with E-state index in [-0.39, 0.29) is 11.7 Å². The number of nitrogens with one attached hydrogen (secondary N) is 1. The molecule has 0 saturated carbocycles. The zero-order chi connectivity index (χ0) is 24.6. The van der Waals surface area contributed by atoms with E-state index in [2.05, 4.69) is 14.8 Å². The molecule has 2 aliphatic rings. The highest BCUT2D eigenvalue weighted by Gasteiger charge is 2.23. The summed E-state index contributed by atoms with van der Waals surface area (Å²) in [7, 11) is -2.40. The first-order valence-electron chi connectivity index (χ1n) is 12.1. The number of aromatic nitrogens is 4. The lowest BCUT2D eigenvalue weighted by atomic mass is 10.1. The van der Waals surface area contributed by atoms with Crippen molar-refractivity contribution in [1.82, 2.24) is 29.2 Å². The lowest BCUT2D eigenvalue weighted by Gasteiger charge is -2.32. The Labute approximate surface area is 209 Å². The zero-order valence-electron chi connectivity index (χ0n) is 19.8. The van der Waals surface area contributed by atoms with E-state index in [1.54, 1.807) is 12.3 Å². The Balaban J connectivity index is 1.36. The number of fused-ring (bicyclic) bond motifs is 2. The summed E-state index contributed by atoms with van der Waals surface area (Å²) in [6.45, 7) is 6.21. The van der Waals surface area contributed by atoms with Crippen LogP contribution in [0.5, 0.6) is 0 Å². The molecule has 4 aromatic rings. The number of nitrogens with zero attached hydrogens (tertiary/aromatic N) is 6. The maximum Gasteiger partial charge on any atom is 0.180 e. The average Bonchev–Trinajstić information content (AvgIpc) is 3.51. The minimum Gasteiger partial charge on any atom is -0.378 e. The molecule has 190 valence electrons.